The van der Waals surface area contributed by atoms with Crippen molar-refractivity contribution in [3.8, 4) is 11.3 Å². The summed E-state index contributed by atoms with van der Waals surface area (Å²) in [5.41, 5.74) is 2.34. The number of aromatic nitrogens is 1. The Kier molecular flexibility index (Phi) is 5.66. The van der Waals surface area contributed by atoms with Gasteiger partial charge in [0.2, 0.25) is 0 Å². The van der Waals surface area contributed by atoms with Crippen LogP contribution in [0, 0.1) is 6.92 Å². The van der Waals surface area contributed by atoms with Crippen LogP contribution in [0.15, 0.2) is 65.2 Å². The summed E-state index contributed by atoms with van der Waals surface area (Å²) in [6.45, 7) is 3.12. The lowest BCUT2D eigenvalue weighted by atomic mass is 10.1. The summed E-state index contributed by atoms with van der Waals surface area (Å²) in [4.78, 5) is 24.6. The summed E-state index contributed by atoms with van der Waals surface area (Å²) in [6.07, 6.45) is 0. The fraction of sp³-hybridized carbons (Fsp3) is 0.190. The number of rotatable bonds is 6. The maximum Gasteiger partial charge on any atom is 0.344 e. The Morgan fingerprint density at radius 2 is 1.70 bits per heavy atom. The van der Waals surface area contributed by atoms with Gasteiger partial charge in [-0.1, -0.05) is 65.8 Å². The Bertz CT molecular complexity index is 920. The first-order valence-electron chi connectivity index (χ1n) is 8.59. The fourth-order valence-electron chi connectivity index (χ4n) is 2.72. The Hall–Kier alpha value is -3.41. The quantitative estimate of drug-likeness (QED) is 0.675. The minimum absolute atomic E-state index is 0.186. The van der Waals surface area contributed by atoms with Gasteiger partial charge in [-0.2, -0.15) is 0 Å². The predicted octanol–water partition coefficient (Wildman–Crippen LogP) is 3.68. The molecule has 0 aliphatic rings. The highest BCUT2D eigenvalue weighted by Gasteiger charge is 2.23. The average molecular weight is 364 g/mol. The molecule has 1 unspecified atom stereocenters. The molecule has 27 heavy (non-hydrogen) atoms. The van der Waals surface area contributed by atoms with Gasteiger partial charge in [0.1, 0.15) is 17.0 Å². The first kappa shape index (κ1) is 18.4. The zero-order chi connectivity index (χ0) is 19.2. The molecule has 0 saturated carbocycles. The number of benzene rings is 2. The maximum atomic E-state index is 12.5. The van der Waals surface area contributed by atoms with Gasteiger partial charge < -0.3 is 14.6 Å². The van der Waals surface area contributed by atoms with Crippen molar-refractivity contribution >= 4 is 11.9 Å². The van der Waals surface area contributed by atoms with E-state index in [0.717, 1.165) is 11.1 Å². The number of carbonyl (C=O) groups is 2. The van der Waals surface area contributed by atoms with Crippen molar-refractivity contribution in [3.63, 3.8) is 0 Å². The van der Waals surface area contributed by atoms with Gasteiger partial charge in [0.05, 0.1) is 6.04 Å². The smallest absolute Gasteiger partial charge is 0.344 e. The lowest BCUT2D eigenvalue weighted by Crippen LogP contribution is -2.31. The predicted molar refractivity (Wildman–Crippen MR) is 100.0 cm³/mol. The minimum Gasteiger partial charge on any atom is -0.452 e. The molecule has 6 heteroatoms. The van der Waals surface area contributed by atoms with Gasteiger partial charge in [-0.15, -0.1) is 0 Å². The van der Waals surface area contributed by atoms with Crippen molar-refractivity contribution in [2.24, 2.45) is 0 Å². The Labute approximate surface area is 157 Å². The Morgan fingerprint density at radius 1 is 1.07 bits per heavy atom. The van der Waals surface area contributed by atoms with Crippen LogP contribution in [0.1, 0.15) is 34.6 Å². The topological polar surface area (TPSA) is 81.4 Å². The second kappa shape index (κ2) is 8.31. The number of nitrogens with one attached hydrogen (secondary N) is 1. The average Bonchev–Trinajstić information content (AvgIpc) is 3.09. The molecule has 0 aliphatic carbocycles. The van der Waals surface area contributed by atoms with Crippen LogP contribution in [0.2, 0.25) is 0 Å². The highest BCUT2D eigenvalue weighted by Crippen LogP contribution is 2.25. The molecule has 0 spiro atoms. The van der Waals surface area contributed by atoms with E-state index in [0.29, 0.717) is 11.5 Å². The maximum absolute atomic E-state index is 12.5. The number of nitrogens with zero attached hydrogens (tertiary/aromatic N) is 1. The third kappa shape index (κ3) is 4.41. The number of esters is 1. The molecule has 6 nitrogen and oxygen atoms in total. The summed E-state index contributed by atoms with van der Waals surface area (Å²) < 4.78 is 10.3. The molecule has 1 heterocycles. The molecule has 2 aromatic carbocycles. The zero-order valence-corrected chi connectivity index (χ0v) is 15.1. The second-order valence-electron chi connectivity index (χ2n) is 6.10. The van der Waals surface area contributed by atoms with E-state index < -0.39 is 5.97 Å². The van der Waals surface area contributed by atoms with E-state index in [-0.39, 0.29) is 24.1 Å². The number of carbonyl (C=O) groups excluding carboxylic acids is 2. The van der Waals surface area contributed by atoms with E-state index in [4.69, 9.17) is 9.26 Å². The number of hydrogen-bond acceptors (Lipinski definition) is 5. The largest absolute Gasteiger partial charge is 0.452 e. The fourth-order valence-corrected chi connectivity index (χ4v) is 2.72. The van der Waals surface area contributed by atoms with Crippen LogP contribution < -0.4 is 5.32 Å². The van der Waals surface area contributed by atoms with Crippen molar-refractivity contribution in [1.29, 1.82) is 0 Å². The highest BCUT2D eigenvalue weighted by atomic mass is 16.5. The van der Waals surface area contributed by atoms with Crippen LogP contribution in [0.4, 0.5) is 0 Å². The summed E-state index contributed by atoms with van der Waals surface area (Å²) in [6, 6.07) is 18.6. The van der Waals surface area contributed by atoms with E-state index in [9.17, 15) is 9.59 Å². The van der Waals surface area contributed by atoms with Crippen molar-refractivity contribution in [2.75, 3.05) is 6.61 Å². The molecule has 1 N–H and O–H groups in total. The summed E-state index contributed by atoms with van der Waals surface area (Å²) in [5, 5.41) is 6.75. The molecule has 0 aliphatic heterocycles. The van der Waals surface area contributed by atoms with Crippen molar-refractivity contribution < 1.29 is 18.8 Å². The molecule has 0 saturated heterocycles. The molecule has 1 amide bonds. The van der Waals surface area contributed by atoms with Crippen LogP contribution in [0.3, 0.4) is 0 Å². The number of hydrogen-bond donors (Lipinski definition) is 1. The van der Waals surface area contributed by atoms with E-state index in [1.807, 2.05) is 67.6 Å². The Morgan fingerprint density at radius 3 is 2.37 bits per heavy atom. The highest BCUT2D eigenvalue weighted by molar-refractivity contribution is 5.98. The number of aryl methyl sites for hydroxylation is 1. The monoisotopic (exact) mass is 364 g/mol. The van der Waals surface area contributed by atoms with E-state index >= 15 is 0 Å². The van der Waals surface area contributed by atoms with Crippen LogP contribution in [-0.4, -0.2) is 23.6 Å². The molecule has 3 aromatic rings. The van der Waals surface area contributed by atoms with Gasteiger partial charge in [0, 0.05) is 5.56 Å². The molecule has 0 fully saturated rings. The van der Waals surface area contributed by atoms with Crippen LogP contribution in [-0.2, 0) is 9.53 Å². The molecular weight excluding hydrogens is 344 g/mol. The standard InChI is InChI=1S/C21H20N2O4/c1-14(16-9-5-3-6-10-16)22-18(24)13-26-21(25)19-15(2)27-23-20(19)17-11-7-4-8-12-17/h3-12,14H,13H2,1-2H3,(H,22,24). The molecule has 0 radical (unpaired) electrons. The summed E-state index contributed by atoms with van der Waals surface area (Å²) in [5.74, 6) is -0.679. The van der Waals surface area contributed by atoms with Gasteiger partial charge in [-0.3, -0.25) is 4.79 Å². The summed E-state index contributed by atoms with van der Waals surface area (Å²) in [7, 11) is 0. The van der Waals surface area contributed by atoms with Gasteiger partial charge in [0.25, 0.3) is 5.91 Å². The van der Waals surface area contributed by atoms with Crippen molar-refractivity contribution in [1.82, 2.24) is 10.5 Å². The number of amides is 1. The lowest BCUT2D eigenvalue weighted by Gasteiger charge is -2.14. The van der Waals surface area contributed by atoms with Crippen LogP contribution >= 0.6 is 0 Å². The first-order valence-corrected chi connectivity index (χ1v) is 8.59. The van der Waals surface area contributed by atoms with Crippen LogP contribution in [0.5, 0.6) is 0 Å². The second-order valence-corrected chi connectivity index (χ2v) is 6.10. The summed E-state index contributed by atoms with van der Waals surface area (Å²) >= 11 is 0. The normalized spacial score (nSPS) is 11.6. The van der Waals surface area contributed by atoms with Crippen molar-refractivity contribution in [2.45, 2.75) is 19.9 Å². The molecule has 1 atom stereocenters. The van der Waals surface area contributed by atoms with E-state index in [1.54, 1.807) is 6.92 Å². The number of ether oxygens (including phenoxy) is 1. The van der Waals surface area contributed by atoms with E-state index in [1.165, 1.54) is 0 Å². The van der Waals surface area contributed by atoms with Crippen LogP contribution in [0.25, 0.3) is 11.3 Å². The SMILES string of the molecule is Cc1onc(-c2ccccc2)c1C(=O)OCC(=O)NC(C)c1ccccc1. The van der Waals surface area contributed by atoms with E-state index in [2.05, 4.69) is 10.5 Å². The minimum atomic E-state index is -0.643. The van der Waals surface area contributed by atoms with Gasteiger partial charge >= 0.3 is 5.97 Å². The van der Waals surface area contributed by atoms with Gasteiger partial charge in [0.15, 0.2) is 6.61 Å². The first-order chi connectivity index (χ1) is 13.1. The molecule has 0 bridgehead atoms. The molecule has 3 rings (SSSR count). The van der Waals surface area contributed by atoms with Gasteiger partial charge in [-0.25, -0.2) is 4.79 Å². The van der Waals surface area contributed by atoms with Crippen molar-refractivity contribution in [3.05, 3.63) is 77.6 Å². The van der Waals surface area contributed by atoms with Gasteiger partial charge in [-0.05, 0) is 19.4 Å². The molecule has 138 valence electrons. The molecular formula is C21H20N2O4. The lowest BCUT2D eigenvalue weighted by molar-refractivity contribution is -0.124. The third-order valence-electron chi connectivity index (χ3n) is 4.13. The Balaban J connectivity index is 1.63. The zero-order valence-electron chi connectivity index (χ0n) is 15.1. The molecule has 1 aromatic heterocycles. The third-order valence-corrected chi connectivity index (χ3v) is 4.13.